The molecule has 2 rings (SSSR count). The van der Waals surface area contributed by atoms with E-state index in [-0.39, 0.29) is 0 Å². The zero-order valence-electron chi connectivity index (χ0n) is 15.3. The third-order valence-electron chi connectivity index (χ3n) is 5.31. The van der Waals surface area contributed by atoms with Crippen molar-refractivity contribution in [3.8, 4) is 0 Å². The van der Waals surface area contributed by atoms with Gasteiger partial charge in [0.05, 0.1) is 0 Å². The molecule has 0 spiro atoms. The minimum Gasteiger partial charge on any atom is -0.301 e. The molecule has 3 heteroatoms. The summed E-state index contributed by atoms with van der Waals surface area (Å²) in [5, 5.41) is 0. The first kappa shape index (κ1) is 17.2. The van der Waals surface area contributed by atoms with Gasteiger partial charge in [0.15, 0.2) is 0 Å². The molecule has 0 bridgehead atoms. The summed E-state index contributed by atoms with van der Waals surface area (Å²) < 4.78 is 0. The highest BCUT2D eigenvalue weighted by Gasteiger charge is 2.33. The lowest BCUT2D eigenvalue weighted by molar-refractivity contribution is 0.00719. The number of piperazine rings is 1. The standard InChI is InChI=1S/C18H37N3/c1-17(2,3)20-12-10-19(11-13-20)9-7-8-16-14-21(15-16)18(4,5)6/h16H,7-15H2,1-6H3. The fraction of sp³-hybridized carbons (Fsp3) is 1.00. The van der Waals surface area contributed by atoms with Crippen LogP contribution in [0.15, 0.2) is 0 Å². The van der Waals surface area contributed by atoms with Crippen molar-refractivity contribution >= 4 is 0 Å². The van der Waals surface area contributed by atoms with Crippen molar-refractivity contribution in [3.63, 3.8) is 0 Å². The van der Waals surface area contributed by atoms with Crippen LogP contribution in [0.25, 0.3) is 0 Å². The zero-order valence-corrected chi connectivity index (χ0v) is 15.3. The summed E-state index contributed by atoms with van der Waals surface area (Å²) in [4.78, 5) is 7.90. The predicted molar refractivity (Wildman–Crippen MR) is 91.8 cm³/mol. The first-order valence-corrected chi connectivity index (χ1v) is 8.89. The topological polar surface area (TPSA) is 9.72 Å². The Morgan fingerprint density at radius 1 is 0.762 bits per heavy atom. The van der Waals surface area contributed by atoms with E-state index < -0.39 is 0 Å². The van der Waals surface area contributed by atoms with Gasteiger partial charge in [0.1, 0.15) is 0 Å². The van der Waals surface area contributed by atoms with Gasteiger partial charge in [-0.15, -0.1) is 0 Å². The number of rotatable bonds is 4. The first-order valence-electron chi connectivity index (χ1n) is 8.89. The van der Waals surface area contributed by atoms with Crippen LogP contribution in [0.3, 0.4) is 0 Å². The molecule has 0 aromatic heterocycles. The monoisotopic (exact) mass is 295 g/mol. The number of hydrogen-bond donors (Lipinski definition) is 0. The summed E-state index contributed by atoms with van der Waals surface area (Å²) in [7, 11) is 0. The van der Waals surface area contributed by atoms with Gasteiger partial charge >= 0.3 is 0 Å². The maximum absolute atomic E-state index is 2.67. The highest BCUT2D eigenvalue weighted by Crippen LogP contribution is 2.28. The summed E-state index contributed by atoms with van der Waals surface area (Å²) in [5.41, 5.74) is 0.716. The Balaban J connectivity index is 1.56. The molecule has 0 amide bonds. The molecule has 0 unspecified atom stereocenters. The lowest BCUT2D eigenvalue weighted by Crippen LogP contribution is -2.56. The molecular formula is C18H37N3. The van der Waals surface area contributed by atoms with Crippen molar-refractivity contribution in [2.45, 2.75) is 65.5 Å². The van der Waals surface area contributed by atoms with E-state index in [0.717, 1.165) is 5.92 Å². The number of nitrogens with zero attached hydrogens (tertiary/aromatic N) is 3. The molecule has 0 aromatic rings. The molecule has 2 fully saturated rings. The van der Waals surface area contributed by atoms with Crippen molar-refractivity contribution in [2.75, 3.05) is 45.8 Å². The molecule has 2 saturated heterocycles. The van der Waals surface area contributed by atoms with Crippen LogP contribution >= 0.6 is 0 Å². The van der Waals surface area contributed by atoms with Crippen molar-refractivity contribution < 1.29 is 0 Å². The minimum absolute atomic E-state index is 0.342. The molecule has 21 heavy (non-hydrogen) atoms. The van der Waals surface area contributed by atoms with Gasteiger partial charge in [0.25, 0.3) is 0 Å². The van der Waals surface area contributed by atoms with Crippen LogP contribution in [0.2, 0.25) is 0 Å². The van der Waals surface area contributed by atoms with Crippen molar-refractivity contribution in [1.82, 2.24) is 14.7 Å². The van der Waals surface area contributed by atoms with E-state index in [4.69, 9.17) is 0 Å². The maximum Gasteiger partial charge on any atom is 0.0126 e. The number of likely N-dealkylation sites (tertiary alicyclic amines) is 1. The van der Waals surface area contributed by atoms with Crippen LogP contribution in [0.1, 0.15) is 54.4 Å². The summed E-state index contributed by atoms with van der Waals surface area (Å²) in [5.74, 6) is 0.958. The second kappa shape index (κ2) is 6.55. The molecule has 0 aliphatic carbocycles. The fourth-order valence-corrected chi connectivity index (χ4v) is 3.55. The van der Waals surface area contributed by atoms with Gasteiger partial charge in [-0.3, -0.25) is 9.80 Å². The minimum atomic E-state index is 0.342. The molecule has 0 radical (unpaired) electrons. The van der Waals surface area contributed by atoms with Crippen molar-refractivity contribution in [3.05, 3.63) is 0 Å². The van der Waals surface area contributed by atoms with Crippen LogP contribution in [-0.2, 0) is 0 Å². The average Bonchev–Trinajstić information content (AvgIpc) is 2.29. The first-order chi connectivity index (χ1) is 9.66. The zero-order chi connectivity index (χ0) is 15.7. The van der Waals surface area contributed by atoms with E-state index >= 15 is 0 Å². The third kappa shape index (κ3) is 4.94. The van der Waals surface area contributed by atoms with E-state index in [9.17, 15) is 0 Å². The predicted octanol–water partition coefficient (Wildman–Crippen LogP) is 2.91. The van der Waals surface area contributed by atoms with Crippen LogP contribution in [-0.4, -0.2) is 71.6 Å². The highest BCUT2D eigenvalue weighted by molar-refractivity contribution is 4.88. The highest BCUT2D eigenvalue weighted by atomic mass is 15.3. The van der Waals surface area contributed by atoms with Crippen molar-refractivity contribution in [2.24, 2.45) is 5.92 Å². The molecule has 3 nitrogen and oxygen atoms in total. The summed E-state index contributed by atoms with van der Waals surface area (Å²) in [6, 6.07) is 0. The lowest BCUT2D eigenvalue weighted by Gasteiger charge is -2.48. The van der Waals surface area contributed by atoms with Crippen LogP contribution < -0.4 is 0 Å². The van der Waals surface area contributed by atoms with Gasteiger partial charge in [0, 0.05) is 50.3 Å². The SMILES string of the molecule is CC(C)(C)N1CCN(CCCC2CN(C(C)(C)C)C2)CC1. The van der Waals surface area contributed by atoms with Gasteiger partial charge in [-0.2, -0.15) is 0 Å². The van der Waals surface area contributed by atoms with Crippen LogP contribution in [0.5, 0.6) is 0 Å². The van der Waals surface area contributed by atoms with E-state index in [1.54, 1.807) is 0 Å². The molecule has 0 saturated carbocycles. The Morgan fingerprint density at radius 3 is 1.76 bits per heavy atom. The van der Waals surface area contributed by atoms with Crippen LogP contribution in [0.4, 0.5) is 0 Å². The summed E-state index contributed by atoms with van der Waals surface area (Å²) >= 11 is 0. The molecular weight excluding hydrogens is 258 g/mol. The van der Waals surface area contributed by atoms with E-state index in [0.29, 0.717) is 11.1 Å². The molecule has 0 aromatic carbocycles. The van der Waals surface area contributed by atoms with Gasteiger partial charge < -0.3 is 4.90 Å². The maximum atomic E-state index is 2.67. The Kier molecular flexibility index (Phi) is 5.38. The second-order valence-corrected chi connectivity index (χ2v) is 9.08. The third-order valence-corrected chi connectivity index (χ3v) is 5.31. The summed E-state index contributed by atoms with van der Waals surface area (Å²) in [6.45, 7) is 22.9. The fourth-order valence-electron chi connectivity index (χ4n) is 3.55. The van der Waals surface area contributed by atoms with Crippen molar-refractivity contribution in [1.29, 1.82) is 0 Å². The Bertz CT molecular complexity index is 312. The van der Waals surface area contributed by atoms with E-state index in [2.05, 4.69) is 56.2 Å². The Hall–Kier alpha value is -0.120. The number of hydrogen-bond acceptors (Lipinski definition) is 3. The Morgan fingerprint density at radius 2 is 1.29 bits per heavy atom. The molecule has 0 atom stereocenters. The molecule has 0 N–H and O–H groups in total. The summed E-state index contributed by atoms with van der Waals surface area (Å²) in [6.07, 6.45) is 2.81. The van der Waals surface area contributed by atoms with E-state index in [1.165, 1.54) is 58.7 Å². The average molecular weight is 296 g/mol. The van der Waals surface area contributed by atoms with Gasteiger partial charge in [-0.25, -0.2) is 0 Å². The van der Waals surface area contributed by atoms with Crippen LogP contribution in [0, 0.1) is 5.92 Å². The Labute approximate surface area is 132 Å². The normalized spacial score (nSPS) is 24.3. The lowest BCUT2D eigenvalue weighted by atomic mass is 9.89. The second-order valence-electron chi connectivity index (χ2n) is 9.08. The quantitative estimate of drug-likeness (QED) is 0.789. The van der Waals surface area contributed by atoms with Gasteiger partial charge in [-0.05, 0) is 66.8 Å². The molecule has 124 valence electrons. The van der Waals surface area contributed by atoms with Gasteiger partial charge in [-0.1, -0.05) is 0 Å². The molecule has 2 heterocycles. The molecule has 2 aliphatic rings. The van der Waals surface area contributed by atoms with E-state index in [1.807, 2.05) is 0 Å². The molecule has 2 aliphatic heterocycles. The van der Waals surface area contributed by atoms with Gasteiger partial charge in [0.2, 0.25) is 0 Å². The smallest absolute Gasteiger partial charge is 0.0126 e. The largest absolute Gasteiger partial charge is 0.301 e.